The lowest BCUT2D eigenvalue weighted by Gasteiger charge is -2.36. The molecule has 0 atom stereocenters. The lowest BCUT2D eigenvalue weighted by Crippen LogP contribution is -2.49. The van der Waals surface area contributed by atoms with Crippen LogP contribution in [0.15, 0.2) is 53.0 Å². The second kappa shape index (κ2) is 9.69. The molecule has 0 spiro atoms. The van der Waals surface area contributed by atoms with Crippen LogP contribution in [0.5, 0.6) is 5.75 Å². The number of carbonyl (C=O) groups is 1. The number of aryl methyl sites for hydroxylation is 2. The van der Waals surface area contributed by atoms with Crippen molar-refractivity contribution in [3.8, 4) is 5.75 Å². The van der Waals surface area contributed by atoms with Crippen LogP contribution in [0.3, 0.4) is 0 Å². The number of halogens is 1. The first-order chi connectivity index (χ1) is 15.4. The normalized spacial score (nSPS) is 13.9. The van der Waals surface area contributed by atoms with Gasteiger partial charge in [-0.1, -0.05) is 34.1 Å². The summed E-state index contributed by atoms with van der Waals surface area (Å²) in [5, 5.41) is 0. The summed E-state index contributed by atoms with van der Waals surface area (Å²) >= 11 is 3.45. The molecule has 1 aliphatic heterocycles. The van der Waals surface area contributed by atoms with Gasteiger partial charge in [0.05, 0.1) is 7.11 Å². The minimum absolute atomic E-state index is 0.0689. The molecule has 166 valence electrons. The van der Waals surface area contributed by atoms with E-state index >= 15 is 0 Å². The molecule has 2 heterocycles. The van der Waals surface area contributed by atoms with Crippen molar-refractivity contribution in [2.75, 3.05) is 38.2 Å². The number of methoxy groups -OCH3 is 1. The molecule has 7 heteroatoms. The zero-order valence-corrected chi connectivity index (χ0v) is 20.2. The highest BCUT2D eigenvalue weighted by atomic mass is 79.9. The molecule has 1 aromatic heterocycles. The van der Waals surface area contributed by atoms with Gasteiger partial charge in [-0.05, 0) is 49.7 Å². The lowest BCUT2D eigenvalue weighted by molar-refractivity contribution is 0.0746. The highest BCUT2D eigenvalue weighted by Gasteiger charge is 2.25. The number of carbonyl (C=O) groups excluding carboxylic acids is 1. The molecule has 0 radical (unpaired) electrons. The molecule has 0 saturated carbocycles. The molecule has 3 aromatic rings. The number of aromatic nitrogens is 2. The highest BCUT2D eigenvalue weighted by molar-refractivity contribution is 9.10. The van der Waals surface area contributed by atoms with Gasteiger partial charge in [-0.3, -0.25) is 4.79 Å². The number of nitrogens with zero attached hydrogens (tertiary/aromatic N) is 4. The van der Waals surface area contributed by atoms with Crippen LogP contribution in [0.1, 0.15) is 33.0 Å². The van der Waals surface area contributed by atoms with E-state index in [0.29, 0.717) is 18.7 Å². The fourth-order valence-corrected chi connectivity index (χ4v) is 4.46. The number of rotatable bonds is 5. The van der Waals surface area contributed by atoms with Crippen LogP contribution in [0.4, 0.5) is 5.82 Å². The summed E-state index contributed by atoms with van der Waals surface area (Å²) in [5.74, 6) is 2.65. The minimum atomic E-state index is 0.0689. The van der Waals surface area contributed by atoms with Gasteiger partial charge in [0.25, 0.3) is 5.91 Å². The Hall–Kier alpha value is -2.93. The Morgan fingerprint density at radius 2 is 1.75 bits per heavy atom. The van der Waals surface area contributed by atoms with Gasteiger partial charge in [-0.25, -0.2) is 9.97 Å². The van der Waals surface area contributed by atoms with Crippen molar-refractivity contribution in [2.24, 2.45) is 0 Å². The van der Waals surface area contributed by atoms with E-state index in [4.69, 9.17) is 9.72 Å². The number of benzene rings is 2. The summed E-state index contributed by atoms with van der Waals surface area (Å²) < 4.78 is 6.19. The largest absolute Gasteiger partial charge is 0.497 e. The summed E-state index contributed by atoms with van der Waals surface area (Å²) in [4.78, 5) is 26.5. The molecule has 1 amide bonds. The zero-order valence-electron chi connectivity index (χ0n) is 18.6. The Kier molecular flexibility index (Phi) is 6.74. The van der Waals surface area contributed by atoms with E-state index in [0.717, 1.165) is 52.6 Å². The second-order valence-corrected chi connectivity index (χ2v) is 8.89. The Labute approximate surface area is 197 Å². The second-order valence-electron chi connectivity index (χ2n) is 7.97. The molecule has 2 aromatic carbocycles. The summed E-state index contributed by atoms with van der Waals surface area (Å²) in [6.45, 7) is 6.78. The van der Waals surface area contributed by atoms with Gasteiger partial charge in [0.15, 0.2) is 0 Å². The summed E-state index contributed by atoms with van der Waals surface area (Å²) in [6.07, 6.45) is 0.753. The average molecular weight is 495 g/mol. The van der Waals surface area contributed by atoms with Crippen LogP contribution in [0.2, 0.25) is 0 Å². The average Bonchev–Trinajstić information content (AvgIpc) is 2.81. The number of hydrogen-bond acceptors (Lipinski definition) is 5. The van der Waals surface area contributed by atoms with Crippen molar-refractivity contribution < 1.29 is 9.53 Å². The molecule has 1 fully saturated rings. The van der Waals surface area contributed by atoms with Crippen LogP contribution < -0.4 is 9.64 Å². The van der Waals surface area contributed by atoms with Crippen molar-refractivity contribution in [3.63, 3.8) is 0 Å². The number of amides is 1. The van der Waals surface area contributed by atoms with Gasteiger partial charge in [0.2, 0.25) is 0 Å². The Morgan fingerprint density at radius 1 is 1.03 bits per heavy atom. The number of piperazine rings is 1. The van der Waals surface area contributed by atoms with Gasteiger partial charge < -0.3 is 14.5 Å². The molecule has 0 bridgehead atoms. The van der Waals surface area contributed by atoms with Gasteiger partial charge in [-0.2, -0.15) is 0 Å². The Balaban J connectivity index is 1.52. The molecular formula is C25H27BrN4O2. The van der Waals surface area contributed by atoms with Crippen molar-refractivity contribution in [1.82, 2.24) is 14.9 Å². The smallest absolute Gasteiger partial charge is 0.254 e. The standard InChI is InChI=1S/C25H27BrN4O2/c1-17-23(15-19-7-9-22(32-3)10-8-19)24(28-18(2)27-17)29-11-13-30(14-12-29)25(31)20-5-4-6-21(26)16-20/h4-10,16H,11-15H2,1-3H3. The predicted molar refractivity (Wildman–Crippen MR) is 130 cm³/mol. The van der Waals surface area contributed by atoms with Crippen molar-refractivity contribution in [1.29, 1.82) is 0 Å². The molecule has 0 unspecified atom stereocenters. The topological polar surface area (TPSA) is 58.6 Å². The molecule has 1 aliphatic rings. The SMILES string of the molecule is COc1ccc(Cc2c(C)nc(C)nc2N2CCN(C(=O)c3cccc(Br)c3)CC2)cc1. The van der Waals surface area contributed by atoms with Crippen molar-refractivity contribution >= 4 is 27.7 Å². The quantitative estimate of drug-likeness (QED) is 0.525. The van der Waals surface area contributed by atoms with E-state index < -0.39 is 0 Å². The Bertz CT molecular complexity index is 1110. The highest BCUT2D eigenvalue weighted by Crippen LogP contribution is 2.26. The number of ether oxygens (including phenoxy) is 1. The van der Waals surface area contributed by atoms with E-state index in [-0.39, 0.29) is 5.91 Å². The molecule has 0 aliphatic carbocycles. The van der Waals surface area contributed by atoms with Crippen LogP contribution >= 0.6 is 15.9 Å². The van der Waals surface area contributed by atoms with Crippen LogP contribution in [0.25, 0.3) is 0 Å². The maximum Gasteiger partial charge on any atom is 0.254 e. The van der Waals surface area contributed by atoms with E-state index in [1.807, 2.05) is 55.1 Å². The summed E-state index contributed by atoms with van der Waals surface area (Å²) in [7, 11) is 1.67. The van der Waals surface area contributed by atoms with E-state index in [9.17, 15) is 4.79 Å². The fraction of sp³-hybridized carbons (Fsp3) is 0.320. The monoisotopic (exact) mass is 494 g/mol. The fourth-order valence-electron chi connectivity index (χ4n) is 4.06. The van der Waals surface area contributed by atoms with Crippen LogP contribution in [-0.2, 0) is 6.42 Å². The third-order valence-corrected chi connectivity index (χ3v) is 6.28. The zero-order chi connectivity index (χ0) is 22.7. The molecule has 0 N–H and O–H groups in total. The lowest BCUT2D eigenvalue weighted by atomic mass is 10.0. The molecular weight excluding hydrogens is 468 g/mol. The van der Waals surface area contributed by atoms with Gasteiger partial charge in [-0.15, -0.1) is 0 Å². The first kappa shape index (κ1) is 22.3. The molecule has 6 nitrogen and oxygen atoms in total. The number of hydrogen-bond donors (Lipinski definition) is 0. The first-order valence-corrected chi connectivity index (χ1v) is 11.5. The summed E-state index contributed by atoms with van der Waals surface area (Å²) in [5.41, 5.74) is 4.02. The van der Waals surface area contributed by atoms with Crippen LogP contribution in [0, 0.1) is 13.8 Å². The number of anilines is 1. The summed E-state index contributed by atoms with van der Waals surface area (Å²) in [6, 6.07) is 15.7. The Morgan fingerprint density at radius 3 is 2.41 bits per heavy atom. The molecule has 4 rings (SSSR count). The van der Waals surface area contributed by atoms with Gasteiger partial charge in [0.1, 0.15) is 17.4 Å². The third kappa shape index (κ3) is 4.93. The maximum absolute atomic E-state index is 12.9. The molecule has 1 saturated heterocycles. The first-order valence-electron chi connectivity index (χ1n) is 10.7. The van der Waals surface area contributed by atoms with E-state index in [1.54, 1.807) is 7.11 Å². The molecule has 32 heavy (non-hydrogen) atoms. The predicted octanol–water partition coefficient (Wildman–Crippen LogP) is 4.42. The van der Waals surface area contributed by atoms with E-state index in [1.165, 1.54) is 5.56 Å². The van der Waals surface area contributed by atoms with Gasteiger partial charge >= 0.3 is 0 Å². The van der Waals surface area contributed by atoms with E-state index in [2.05, 4.69) is 37.9 Å². The van der Waals surface area contributed by atoms with Crippen molar-refractivity contribution in [2.45, 2.75) is 20.3 Å². The van der Waals surface area contributed by atoms with Crippen molar-refractivity contribution in [3.05, 3.63) is 81.2 Å². The van der Waals surface area contributed by atoms with Crippen LogP contribution in [-0.4, -0.2) is 54.1 Å². The maximum atomic E-state index is 12.9. The van der Waals surface area contributed by atoms with Gasteiger partial charge in [0, 0.05) is 53.9 Å². The third-order valence-electron chi connectivity index (χ3n) is 5.78. The minimum Gasteiger partial charge on any atom is -0.497 e.